The van der Waals surface area contributed by atoms with Crippen LogP contribution in [0.1, 0.15) is 37.4 Å². The number of anilines is 1. The first-order valence-corrected chi connectivity index (χ1v) is 7.70. The van der Waals surface area contributed by atoms with Crippen LogP contribution in [-0.4, -0.2) is 17.2 Å². The third-order valence-electron chi connectivity index (χ3n) is 3.79. The summed E-state index contributed by atoms with van der Waals surface area (Å²) in [5.74, 6) is 1.11. The van der Waals surface area contributed by atoms with E-state index in [0.29, 0.717) is 34.9 Å². The van der Waals surface area contributed by atoms with Crippen LogP contribution < -0.4 is 16.2 Å². The molecule has 1 aromatic carbocycles. The number of rotatable bonds is 5. The summed E-state index contributed by atoms with van der Waals surface area (Å²) in [5.41, 5.74) is 14.1. The van der Waals surface area contributed by atoms with E-state index in [1.165, 1.54) is 6.07 Å². The lowest BCUT2D eigenvalue weighted by Crippen LogP contribution is -2.16. The van der Waals surface area contributed by atoms with Crippen molar-refractivity contribution in [1.82, 2.24) is 4.98 Å². The van der Waals surface area contributed by atoms with Gasteiger partial charge in [-0.1, -0.05) is 13.8 Å². The number of aromatic nitrogens is 1. The van der Waals surface area contributed by atoms with Gasteiger partial charge in [-0.3, -0.25) is 0 Å². The monoisotopic (exact) mass is 326 g/mol. The summed E-state index contributed by atoms with van der Waals surface area (Å²) in [6.45, 7) is 4.12. The number of nitriles is 1. The summed E-state index contributed by atoms with van der Waals surface area (Å²) in [6, 6.07) is 8.30. The Morgan fingerprint density at radius 3 is 2.62 bits per heavy atom. The normalized spacial score (nSPS) is 12.0. The van der Waals surface area contributed by atoms with Crippen LogP contribution in [0.2, 0.25) is 0 Å². The molecule has 0 saturated carbocycles. The summed E-state index contributed by atoms with van der Waals surface area (Å²) in [7, 11) is 1.54. The Labute approximate surface area is 141 Å². The molecule has 0 aliphatic carbocycles. The highest BCUT2D eigenvalue weighted by atomic mass is 16.5. The summed E-state index contributed by atoms with van der Waals surface area (Å²) in [6.07, 6.45) is 0.710. The van der Waals surface area contributed by atoms with E-state index in [4.69, 9.17) is 16.2 Å². The van der Waals surface area contributed by atoms with Crippen molar-refractivity contribution in [2.24, 2.45) is 11.7 Å². The zero-order valence-corrected chi connectivity index (χ0v) is 14.1. The lowest BCUT2D eigenvalue weighted by molar-refractivity contribution is 0.412. The fourth-order valence-corrected chi connectivity index (χ4v) is 2.62. The zero-order chi connectivity index (χ0) is 17.9. The van der Waals surface area contributed by atoms with Crippen molar-refractivity contribution in [1.29, 1.82) is 5.26 Å². The number of pyridine rings is 1. The van der Waals surface area contributed by atoms with Gasteiger partial charge in [-0.05, 0) is 42.2 Å². The topological polar surface area (TPSA) is 118 Å². The Bertz CT molecular complexity index is 781. The number of methoxy groups -OCH3 is 1. The molecular formula is C18H22N4O2. The highest BCUT2D eigenvalue weighted by Crippen LogP contribution is 2.35. The molecule has 0 saturated heterocycles. The van der Waals surface area contributed by atoms with Crippen LogP contribution in [0.15, 0.2) is 24.3 Å². The number of hydrogen-bond acceptors (Lipinski definition) is 6. The zero-order valence-electron chi connectivity index (χ0n) is 14.1. The quantitative estimate of drug-likeness (QED) is 0.777. The van der Waals surface area contributed by atoms with E-state index in [-0.39, 0.29) is 23.2 Å². The first-order valence-electron chi connectivity index (χ1n) is 7.70. The molecule has 24 heavy (non-hydrogen) atoms. The lowest BCUT2D eigenvalue weighted by atomic mass is 9.93. The van der Waals surface area contributed by atoms with E-state index in [2.05, 4.69) is 24.9 Å². The fourth-order valence-electron chi connectivity index (χ4n) is 2.62. The molecule has 0 radical (unpaired) electrons. The smallest absolute Gasteiger partial charge is 0.142 e. The van der Waals surface area contributed by atoms with Gasteiger partial charge in [0, 0.05) is 11.6 Å². The minimum atomic E-state index is -0.337. The third-order valence-corrected chi connectivity index (χ3v) is 3.79. The molecule has 0 bridgehead atoms. The van der Waals surface area contributed by atoms with Crippen LogP contribution >= 0.6 is 0 Å². The van der Waals surface area contributed by atoms with Crippen molar-refractivity contribution < 1.29 is 9.84 Å². The first-order chi connectivity index (χ1) is 11.4. The predicted molar refractivity (Wildman–Crippen MR) is 93.4 cm³/mol. The van der Waals surface area contributed by atoms with Gasteiger partial charge >= 0.3 is 0 Å². The first kappa shape index (κ1) is 17.6. The molecule has 0 fully saturated rings. The van der Waals surface area contributed by atoms with Crippen LogP contribution in [-0.2, 0) is 0 Å². The predicted octanol–water partition coefficient (Wildman–Crippen LogP) is 2.96. The molecule has 1 atom stereocenters. The van der Waals surface area contributed by atoms with Gasteiger partial charge in [0.15, 0.2) is 0 Å². The number of nitrogen functional groups attached to an aromatic ring is 1. The van der Waals surface area contributed by atoms with E-state index in [1.54, 1.807) is 25.3 Å². The van der Waals surface area contributed by atoms with Gasteiger partial charge < -0.3 is 21.3 Å². The summed E-state index contributed by atoms with van der Waals surface area (Å²) >= 11 is 0. The Hall–Kier alpha value is -2.78. The number of benzene rings is 1. The molecule has 0 aliphatic rings. The van der Waals surface area contributed by atoms with E-state index in [1.807, 2.05) is 0 Å². The summed E-state index contributed by atoms with van der Waals surface area (Å²) < 4.78 is 5.19. The van der Waals surface area contributed by atoms with Gasteiger partial charge in [-0.25, -0.2) is 4.98 Å². The van der Waals surface area contributed by atoms with Gasteiger partial charge in [0.25, 0.3) is 0 Å². The maximum absolute atomic E-state index is 10.1. The van der Waals surface area contributed by atoms with Crippen molar-refractivity contribution in [3.05, 3.63) is 35.4 Å². The van der Waals surface area contributed by atoms with E-state index >= 15 is 0 Å². The molecule has 0 spiro atoms. The Balaban J connectivity index is 2.61. The molecule has 6 nitrogen and oxygen atoms in total. The Morgan fingerprint density at radius 2 is 2.04 bits per heavy atom. The highest BCUT2D eigenvalue weighted by Gasteiger charge is 2.19. The van der Waals surface area contributed by atoms with Crippen LogP contribution in [0.25, 0.3) is 11.3 Å². The number of phenolic OH excluding ortho intramolecular Hbond substituents is 1. The number of aromatic hydroxyl groups is 1. The van der Waals surface area contributed by atoms with E-state index in [9.17, 15) is 10.4 Å². The maximum atomic E-state index is 10.1. The van der Waals surface area contributed by atoms with Gasteiger partial charge in [0.05, 0.1) is 18.4 Å². The average Bonchev–Trinajstić information content (AvgIpc) is 2.53. The van der Waals surface area contributed by atoms with Crippen molar-refractivity contribution in [2.75, 3.05) is 12.8 Å². The molecule has 2 aromatic rings. The second kappa shape index (κ2) is 7.20. The maximum Gasteiger partial charge on any atom is 0.142 e. The van der Waals surface area contributed by atoms with Crippen molar-refractivity contribution >= 4 is 5.82 Å². The summed E-state index contributed by atoms with van der Waals surface area (Å²) in [5, 5.41) is 19.5. The molecular weight excluding hydrogens is 304 g/mol. The number of nitrogens with zero attached hydrogens (tertiary/aromatic N) is 2. The fraction of sp³-hybridized carbons (Fsp3) is 0.333. The number of ether oxygens (including phenoxy) is 1. The highest BCUT2D eigenvalue weighted by molar-refractivity contribution is 5.72. The average molecular weight is 326 g/mol. The van der Waals surface area contributed by atoms with Crippen molar-refractivity contribution in [3.8, 4) is 28.8 Å². The van der Waals surface area contributed by atoms with Crippen molar-refractivity contribution in [2.45, 2.75) is 26.3 Å². The molecule has 1 aromatic heterocycles. The molecule has 0 aliphatic heterocycles. The van der Waals surface area contributed by atoms with Gasteiger partial charge in [0.2, 0.25) is 0 Å². The SMILES string of the molecule is COc1ccc(O)c(-c2cc(C(N)CC(C)C)c(C#N)c(N)n2)c1. The lowest BCUT2D eigenvalue weighted by Gasteiger charge is -2.18. The second-order valence-corrected chi connectivity index (χ2v) is 6.09. The molecule has 2 rings (SSSR count). The molecule has 126 valence electrons. The standard InChI is InChI=1S/C18H22N4O2/c1-10(2)6-15(20)12-8-16(22-18(21)14(12)9-19)13-7-11(24-3)4-5-17(13)23/h4-5,7-8,10,15,23H,6,20H2,1-3H3,(H2,21,22). The largest absolute Gasteiger partial charge is 0.507 e. The minimum Gasteiger partial charge on any atom is -0.507 e. The van der Waals surface area contributed by atoms with Gasteiger partial charge in [0.1, 0.15) is 23.4 Å². The third kappa shape index (κ3) is 3.58. The molecule has 6 heteroatoms. The van der Waals surface area contributed by atoms with E-state index < -0.39 is 0 Å². The second-order valence-electron chi connectivity index (χ2n) is 6.09. The van der Waals surface area contributed by atoms with Crippen molar-refractivity contribution in [3.63, 3.8) is 0 Å². The van der Waals surface area contributed by atoms with Crippen LogP contribution in [0.5, 0.6) is 11.5 Å². The molecule has 5 N–H and O–H groups in total. The van der Waals surface area contributed by atoms with Crippen LogP contribution in [0.4, 0.5) is 5.82 Å². The Kier molecular flexibility index (Phi) is 5.27. The number of phenols is 1. The van der Waals surface area contributed by atoms with Gasteiger partial charge in [-0.15, -0.1) is 0 Å². The van der Waals surface area contributed by atoms with E-state index in [0.717, 1.165) is 0 Å². The molecule has 0 amide bonds. The van der Waals surface area contributed by atoms with Crippen LogP contribution in [0, 0.1) is 17.2 Å². The minimum absolute atomic E-state index is 0.0517. The molecule has 1 heterocycles. The van der Waals surface area contributed by atoms with Gasteiger partial charge in [-0.2, -0.15) is 5.26 Å². The number of nitrogens with two attached hydrogens (primary N) is 2. The van der Waals surface area contributed by atoms with Crippen LogP contribution in [0.3, 0.4) is 0 Å². The number of hydrogen-bond donors (Lipinski definition) is 3. The molecule has 1 unspecified atom stereocenters. The Morgan fingerprint density at radius 1 is 1.33 bits per heavy atom. The summed E-state index contributed by atoms with van der Waals surface area (Å²) in [4.78, 5) is 4.26.